The Labute approximate surface area is 133 Å². The SMILES string of the molecule is C/C(=C/c1ccccc1)C(=O)N(Cc1ccccc1)C(C)C. The Morgan fingerprint density at radius 1 is 1.00 bits per heavy atom. The first kappa shape index (κ1) is 16.0. The Morgan fingerprint density at radius 2 is 1.55 bits per heavy atom. The minimum Gasteiger partial charge on any atom is -0.332 e. The highest BCUT2D eigenvalue weighted by molar-refractivity contribution is 5.97. The molecule has 2 aromatic carbocycles. The molecule has 0 bridgehead atoms. The Hall–Kier alpha value is -2.35. The molecule has 2 nitrogen and oxygen atoms in total. The van der Waals surface area contributed by atoms with Crippen LogP contribution in [0.5, 0.6) is 0 Å². The van der Waals surface area contributed by atoms with Crippen molar-refractivity contribution >= 4 is 12.0 Å². The van der Waals surface area contributed by atoms with Gasteiger partial charge < -0.3 is 4.90 Å². The zero-order valence-electron chi connectivity index (χ0n) is 13.5. The Bertz CT molecular complexity index is 629. The van der Waals surface area contributed by atoms with E-state index in [2.05, 4.69) is 26.0 Å². The molecule has 22 heavy (non-hydrogen) atoms. The standard InChI is InChI=1S/C20H23NO/c1-16(2)21(15-19-12-8-5-9-13-19)20(22)17(3)14-18-10-6-4-7-11-18/h4-14,16H,15H2,1-3H3/b17-14-. The summed E-state index contributed by atoms with van der Waals surface area (Å²) in [6.07, 6.45) is 1.95. The van der Waals surface area contributed by atoms with Crippen LogP contribution in [0.4, 0.5) is 0 Å². The molecule has 1 amide bonds. The van der Waals surface area contributed by atoms with Crippen LogP contribution in [0.3, 0.4) is 0 Å². The molecule has 114 valence electrons. The number of benzene rings is 2. The second-order valence-electron chi connectivity index (χ2n) is 5.75. The van der Waals surface area contributed by atoms with Gasteiger partial charge in [-0.05, 0) is 38.0 Å². The fraction of sp³-hybridized carbons (Fsp3) is 0.250. The van der Waals surface area contributed by atoms with Gasteiger partial charge in [0.05, 0.1) is 0 Å². The summed E-state index contributed by atoms with van der Waals surface area (Å²) in [6, 6.07) is 20.2. The van der Waals surface area contributed by atoms with Crippen LogP contribution >= 0.6 is 0 Å². The van der Waals surface area contributed by atoms with Crippen molar-refractivity contribution in [3.05, 3.63) is 77.4 Å². The van der Waals surface area contributed by atoms with Gasteiger partial charge in [-0.3, -0.25) is 4.79 Å². The van der Waals surface area contributed by atoms with Crippen LogP contribution in [-0.4, -0.2) is 16.8 Å². The summed E-state index contributed by atoms with van der Waals surface area (Å²) >= 11 is 0. The first-order chi connectivity index (χ1) is 10.6. The molecule has 0 spiro atoms. The van der Waals surface area contributed by atoms with Crippen molar-refractivity contribution in [2.45, 2.75) is 33.4 Å². The van der Waals surface area contributed by atoms with E-state index in [9.17, 15) is 4.79 Å². The van der Waals surface area contributed by atoms with Crippen molar-refractivity contribution in [2.75, 3.05) is 0 Å². The molecule has 2 aromatic rings. The lowest BCUT2D eigenvalue weighted by atomic mass is 10.1. The summed E-state index contributed by atoms with van der Waals surface area (Å²) in [6.45, 7) is 6.63. The highest BCUT2D eigenvalue weighted by atomic mass is 16.2. The van der Waals surface area contributed by atoms with Crippen LogP contribution in [0.2, 0.25) is 0 Å². The van der Waals surface area contributed by atoms with E-state index in [-0.39, 0.29) is 11.9 Å². The topological polar surface area (TPSA) is 20.3 Å². The molecule has 0 fully saturated rings. The minimum absolute atomic E-state index is 0.0858. The third-order valence-corrected chi connectivity index (χ3v) is 3.60. The largest absolute Gasteiger partial charge is 0.332 e. The molecule has 0 aliphatic heterocycles. The number of carbonyl (C=O) groups is 1. The van der Waals surface area contributed by atoms with Crippen LogP contribution in [0.15, 0.2) is 66.2 Å². The van der Waals surface area contributed by atoms with Gasteiger partial charge in [0.15, 0.2) is 0 Å². The van der Waals surface area contributed by atoms with E-state index in [0.29, 0.717) is 6.54 Å². The van der Waals surface area contributed by atoms with Crippen molar-refractivity contribution in [1.29, 1.82) is 0 Å². The molecule has 2 rings (SSSR count). The van der Waals surface area contributed by atoms with Gasteiger partial charge in [0, 0.05) is 18.2 Å². The molecule has 0 aliphatic rings. The number of rotatable bonds is 5. The zero-order valence-corrected chi connectivity index (χ0v) is 13.5. The van der Waals surface area contributed by atoms with E-state index in [1.165, 1.54) is 0 Å². The molecular formula is C20H23NO. The van der Waals surface area contributed by atoms with Gasteiger partial charge in [0.2, 0.25) is 5.91 Å². The predicted octanol–water partition coefficient (Wildman–Crippen LogP) is 4.53. The smallest absolute Gasteiger partial charge is 0.250 e. The third kappa shape index (κ3) is 4.32. The van der Waals surface area contributed by atoms with Gasteiger partial charge >= 0.3 is 0 Å². The van der Waals surface area contributed by atoms with Crippen LogP contribution in [-0.2, 0) is 11.3 Å². The molecule has 0 aliphatic carbocycles. The second kappa shape index (κ2) is 7.60. The van der Waals surface area contributed by atoms with Gasteiger partial charge in [0.1, 0.15) is 0 Å². The Kier molecular flexibility index (Phi) is 5.54. The van der Waals surface area contributed by atoms with Gasteiger partial charge in [0.25, 0.3) is 0 Å². The van der Waals surface area contributed by atoms with E-state index in [1.54, 1.807) is 0 Å². The molecule has 0 aromatic heterocycles. The number of carbonyl (C=O) groups excluding carboxylic acids is 1. The lowest BCUT2D eigenvalue weighted by Gasteiger charge is -2.27. The minimum atomic E-state index is 0.0858. The van der Waals surface area contributed by atoms with Crippen molar-refractivity contribution in [3.63, 3.8) is 0 Å². The van der Waals surface area contributed by atoms with E-state index in [0.717, 1.165) is 16.7 Å². The number of amides is 1. The maximum absolute atomic E-state index is 12.8. The van der Waals surface area contributed by atoms with Crippen LogP contribution in [0, 0.1) is 0 Å². The van der Waals surface area contributed by atoms with Gasteiger partial charge in [-0.15, -0.1) is 0 Å². The molecule has 0 saturated heterocycles. The first-order valence-electron chi connectivity index (χ1n) is 7.66. The van der Waals surface area contributed by atoms with E-state index >= 15 is 0 Å². The fourth-order valence-corrected chi connectivity index (χ4v) is 2.36. The molecular weight excluding hydrogens is 270 g/mol. The highest BCUT2D eigenvalue weighted by Crippen LogP contribution is 2.14. The van der Waals surface area contributed by atoms with E-state index < -0.39 is 0 Å². The van der Waals surface area contributed by atoms with Gasteiger partial charge in [-0.2, -0.15) is 0 Å². The van der Waals surface area contributed by atoms with Crippen molar-refractivity contribution in [2.24, 2.45) is 0 Å². The zero-order chi connectivity index (χ0) is 15.9. The molecule has 0 saturated carbocycles. The molecule has 0 atom stereocenters. The second-order valence-corrected chi connectivity index (χ2v) is 5.75. The van der Waals surface area contributed by atoms with E-state index in [1.807, 2.05) is 66.4 Å². The quantitative estimate of drug-likeness (QED) is 0.742. The third-order valence-electron chi connectivity index (χ3n) is 3.60. The first-order valence-corrected chi connectivity index (χ1v) is 7.66. The van der Waals surface area contributed by atoms with Crippen LogP contribution in [0.25, 0.3) is 6.08 Å². The summed E-state index contributed by atoms with van der Waals surface area (Å²) in [5.74, 6) is 0.0858. The lowest BCUT2D eigenvalue weighted by molar-refractivity contribution is -0.129. The summed E-state index contributed by atoms with van der Waals surface area (Å²) in [4.78, 5) is 14.7. The molecule has 2 heteroatoms. The molecule has 0 unspecified atom stereocenters. The summed E-state index contributed by atoms with van der Waals surface area (Å²) in [5.41, 5.74) is 2.96. The lowest BCUT2D eigenvalue weighted by Crippen LogP contribution is -2.36. The van der Waals surface area contributed by atoms with Gasteiger partial charge in [-0.25, -0.2) is 0 Å². The molecule has 0 N–H and O–H groups in total. The summed E-state index contributed by atoms with van der Waals surface area (Å²) in [5, 5.41) is 0. The maximum atomic E-state index is 12.8. The number of hydrogen-bond acceptors (Lipinski definition) is 1. The average Bonchev–Trinajstić information content (AvgIpc) is 2.53. The van der Waals surface area contributed by atoms with Crippen molar-refractivity contribution < 1.29 is 4.79 Å². The predicted molar refractivity (Wildman–Crippen MR) is 92.2 cm³/mol. The highest BCUT2D eigenvalue weighted by Gasteiger charge is 2.18. The maximum Gasteiger partial charge on any atom is 0.250 e. The Balaban J connectivity index is 2.17. The fourth-order valence-electron chi connectivity index (χ4n) is 2.36. The molecule has 0 radical (unpaired) electrons. The summed E-state index contributed by atoms with van der Waals surface area (Å²) in [7, 11) is 0. The number of nitrogens with zero attached hydrogens (tertiary/aromatic N) is 1. The molecule has 0 heterocycles. The summed E-state index contributed by atoms with van der Waals surface area (Å²) < 4.78 is 0. The van der Waals surface area contributed by atoms with E-state index in [4.69, 9.17) is 0 Å². The van der Waals surface area contributed by atoms with Crippen molar-refractivity contribution in [1.82, 2.24) is 4.90 Å². The average molecular weight is 293 g/mol. The number of hydrogen-bond donors (Lipinski definition) is 0. The Morgan fingerprint density at radius 3 is 2.09 bits per heavy atom. The monoisotopic (exact) mass is 293 g/mol. The normalized spacial score (nSPS) is 11.5. The van der Waals surface area contributed by atoms with Gasteiger partial charge in [-0.1, -0.05) is 60.7 Å². The van der Waals surface area contributed by atoms with Crippen molar-refractivity contribution in [3.8, 4) is 0 Å². The van der Waals surface area contributed by atoms with Crippen LogP contribution in [0.1, 0.15) is 31.9 Å². The van der Waals surface area contributed by atoms with Crippen LogP contribution < -0.4 is 0 Å².